The molecular weight excluding hydrogens is 283 g/mol. The van der Waals surface area contributed by atoms with Gasteiger partial charge in [-0.05, 0) is 30.3 Å². The second-order valence-corrected chi connectivity index (χ2v) is 5.65. The highest BCUT2D eigenvalue weighted by molar-refractivity contribution is 7.92. The Labute approximate surface area is 116 Å². The molecule has 0 spiro atoms. The molecule has 0 aromatic heterocycles. The van der Waals surface area contributed by atoms with Crippen LogP contribution in [-0.4, -0.2) is 15.5 Å². The van der Waals surface area contributed by atoms with E-state index < -0.39 is 15.8 Å². The Hall–Kier alpha value is -2.28. The van der Waals surface area contributed by atoms with Gasteiger partial charge in [0.05, 0.1) is 12.8 Å². The van der Waals surface area contributed by atoms with Crippen molar-refractivity contribution in [3.63, 3.8) is 0 Å². The Morgan fingerprint density at radius 3 is 2.55 bits per heavy atom. The number of benzene rings is 2. The highest BCUT2D eigenvalue weighted by Gasteiger charge is 2.21. The van der Waals surface area contributed by atoms with E-state index in [9.17, 15) is 12.8 Å². The summed E-state index contributed by atoms with van der Waals surface area (Å²) >= 11 is 0. The van der Waals surface area contributed by atoms with Gasteiger partial charge in [0.25, 0.3) is 10.0 Å². The maximum Gasteiger partial charge on any atom is 0.265 e. The Balaban J connectivity index is 2.46. The second kappa shape index (κ2) is 5.38. The van der Waals surface area contributed by atoms with Crippen LogP contribution < -0.4 is 15.2 Å². The van der Waals surface area contributed by atoms with Crippen molar-refractivity contribution in [1.82, 2.24) is 0 Å². The summed E-state index contributed by atoms with van der Waals surface area (Å²) in [5, 5.41) is 0. The predicted octanol–water partition coefficient (Wildman–Crippen LogP) is 2.22. The third-order valence-electron chi connectivity index (χ3n) is 2.60. The molecule has 0 aliphatic heterocycles. The second-order valence-electron chi connectivity index (χ2n) is 4.00. The van der Waals surface area contributed by atoms with E-state index in [1.165, 1.54) is 43.5 Å². The van der Waals surface area contributed by atoms with Crippen molar-refractivity contribution in [3.8, 4) is 5.75 Å². The molecule has 2 aromatic rings. The molecule has 0 saturated heterocycles. The number of hydrogen-bond donors (Lipinski definition) is 2. The van der Waals surface area contributed by atoms with E-state index in [4.69, 9.17) is 10.5 Å². The lowest BCUT2D eigenvalue weighted by atomic mass is 10.3. The molecule has 20 heavy (non-hydrogen) atoms. The summed E-state index contributed by atoms with van der Waals surface area (Å²) in [6.07, 6.45) is 0. The van der Waals surface area contributed by atoms with E-state index in [2.05, 4.69) is 4.72 Å². The van der Waals surface area contributed by atoms with Crippen molar-refractivity contribution in [1.29, 1.82) is 0 Å². The Morgan fingerprint density at radius 1 is 1.20 bits per heavy atom. The fraction of sp³-hybridized carbons (Fsp3) is 0.0769. The van der Waals surface area contributed by atoms with Crippen LogP contribution in [0.5, 0.6) is 5.75 Å². The molecule has 0 heterocycles. The van der Waals surface area contributed by atoms with E-state index in [1.807, 2.05) is 0 Å². The molecule has 2 rings (SSSR count). The molecule has 0 aliphatic carbocycles. The molecule has 0 fully saturated rings. The van der Waals surface area contributed by atoms with Gasteiger partial charge in [0.2, 0.25) is 0 Å². The minimum Gasteiger partial charge on any atom is -0.495 e. The highest BCUT2D eigenvalue weighted by Crippen LogP contribution is 2.28. The van der Waals surface area contributed by atoms with Crippen LogP contribution in [0.2, 0.25) is 0 Å². The minimum absolute atomic E-state index is 0.128. The Bertz CT molecular complexity index is 732. The fourth-order valence-electron chi connectivity index (χ4n) is 1.65. The van der Waals surface area contributed by atoms with E-state index in [0.717, 1.165) is 6.07 Å². The number of anilines is 2. The van der Waals surface area contributed by atoms with Gasteiger partial charge in [-0.1, -0.05) is 12.1 Å². The highest BCUT2D eigenvalue weighted by atomic mass is 32.2. The summed E-state index contributed by atoms with van der Waals surface area (Å²) in [6.45, 7) is 0. The van der Waals surface area contributed by atoms with Gasteiger partial charge in [0.15, 0.2) is 0 Å². The van der Waals surface area contributed by atoms with Gasteiger partial charge in [-0.2, -0.15) is 0 Å². The number of nitrogens with one attached hydrogen (secondary N) is 1. The molecule has 0 saturated carbocycles. The van der Waals surface area contributed by atoms with Crippen molar-refractivity contribution < 1.29 is 17.5 Å². The van der Waals surface area contributed by atoms with Crippen LogP contribution in [0, 0.1) is 5.82 Å². The van der Waals surface area contributed by atoms with Gasteiger partial charge in [-0.25, -0.2) is 12.8 Å². The number of sulfonamides is 1. The van der Waals surface area contributed by atoms with Crippen molar-refractivity contribution in [2.45, 2.75) is 4.90 Å². The monoisotopic (exact) mass is 296 g/mol. The molecule has 2 aromatic carbocycles. The first kappa shape index (κ1) is 14.1. The lowest BCUT2D eigenvalue weighted by molar-refractivity contribution is 0.403. The largest absolute Gasteiger partial charge is 0.495 e. The summed E-state index contributed by atoms with van der Waals surface area (Å²) < 4.78 is 45.2. The zero-order valence-corrected chi connectivity index (χ0v) is 11.4. The first-order valence-electron chi connectivity index (χ1n) is 5.65. The van der Waals surface area contributed by atoms with Gasteiger partial charge in [0, 0.05) is 5.69 Å². The van der Waals surface area contributed by atoms with Crippen molar-refractivity contribution in [2.75, 3.05) is 17.6 Å². The molecule has 0 radical (unpaired) electrons. The van der Waals surface area contributed by atoms with Crippen LogP contribution in [-0.2, 0) is 10.0 Å². The van der Waals surface area contributed by atoms with Crippen LogP contribution in [0.3, 0.4) is 0 Å². The van der Waals surface area contributed by atoms with Gasteiger partial charge < -0.3 is 10.5 Å². The summed E-state index contributed by atoms with van der Waals surface area (Å²) in [4.78, 5) is -0.150. The summed E-state index contributed by atoms with van der Waals surface area (Å²) in [5.41, 5.74) is 5.70. The van der Waals surface area contributed by atoms with Crippen molar-refractivity contribution in [2.24, 2.45) is 0 Å². The number of nitrogens with two attached hydrogens (primary N) is 1. The molecule has 0 unspecified atom stereocenters. The number of methoxy groups -OCH3 is 1. The summed E-state index contributed by atoms with van der Waals surface area (Å²) in [6, 6.07) is 9.68. The topological polar surface area (TPSA) is 81.4 Å². The third kappa shape index (κ3) is 2.83. The van der Waals surface area contributed by atoms with E-state index in [0.29, 0.717) is 0 Å². The van der Waals surface area contributed by atoms with E-state index >= 15 is 0 Å². The molecule has 0 aliphatic rings. The van der Waals surface area contributed by atoms with Gasteiger partial charge >= 0.3 is 0 Å². The smallest absolute Gasteiger partial charge is 0.265 e. The first-order chi connectivity index (χ1) is 9.44. The van der Waals surface area contributed by atoms with Gasteiger partial charge in [-0.3, -0.25) is 4.72 Å². The number of nitrogen functional groups attached to an aromatic ring is 1. The summed E-state index contributed by atoms with van der Waals surface area (Å²) in [7, 11) is -2.66. The SMILES string of the molecule is COc1ccc(N)cc1S(=O)(=O)Nc1ccccc1F. The lowest BCUT2D eigenvalue weighted by Gasteiger charge is -2.12. The maximum atomic E-state index is 13.5. The van der Waals surface area contributed by atoms with Gasteiger partial charge in [-0.15, -0.1) is 0 Å². The first-order valence-corrected chi connectivity index (χ1v) is 7.13. The quantitative estimate of drug-likeness (QED) is 0.848. The van der Waals surface area contributed by atoms with E-state index in [1.54, 1.807) is 0 Å². The van der Waals surface area contributed by atoms with Gasteiger partial charge in [0.1, 0.15) is 16.5 Å². The Kier molecular flexibility index (Phi) is 3.80. The maximum absolute atomic E-state index is 13.5. The van der Waals surface area contributed by atoms with Crippen LogP contribution >= 0.6 is 0 Å². The molecule has 0 amide bonds. The number of para-hydroxylation sites is 1. The van der Waals surface area contributed by atoms with Crippen LogP contribution in [0.15, 0.2) is 47.4 Å². The van der Waals surface area contributed by atoms with Crippen LogP contribution in [0.1, 0.15) is 0 Å². The van der Waals surface area contributed by atoms with E-state index in [-0.39, 0.29) is 22.0 Å². The zero-order valence-electron chi connectivity index (χ0n) is 10.6. The number of halogens is 1. The Morgan fingerprint density at radius 2 is 1.90 bits per heavy atom. The molecule has 3 N–H and O–H groups in total. The van der Waals surface area contributed by atoms with Crippen LogP contribution in [0.25, 0.3) is 0 Å². The normalized spacial score (nSPS) is 11.1. The average Bonchev–Trinajstić information content (AvgIpc) is 2.41. The minimum atomic E-state index is -4.00. The molecule has 5 nitrogen and oxygen atoms in total. The molecule has 106 valence electrons. The number of hydrogen-bond acceptors (Lipinski definition) is 4. The number of ether oxygens (including phenoxy) is 1. The lowest BCUT2D eigenvalue weighted by Crippen LogP contribution is -2.15. The van der Waals surface area contributed by atoms with Crippen LogP contribution in [0.4, 0.5) is 15.8 Å². The number of rotatable bonds is 4. The summed E-state index contributed by atoms with van der Waals surface area (Å²) in [5.74, 6) is -0.540. The molecular formula is C13H13FN2O3S. The van der Waals surface area contributed by atoms with Crippen molar-refractivity contribution in [3.05, 3.63) is 48.3 Å². The molecule has 0 bridgehead atoms. The van der Waals surface area contributed by atoms with Crippen molar-refractivity contribution >= 4 is 21.4 Å². The third-order valence-corrected chi connectivity index (χ3v) is 3.98. The standard InChI is InChI=1S/C13H13FN2O3S/c1-19-12-7-6-9(15)8-13(12)20(17,18)16-11-5-3-2-4-10(11)14/h2-8,16H,15H2,1H3. The molecule has 7 heteroatoms. The average molecular weight is 296 g/mol. The zero-order chi connectivity index (χ0) is 14.8. The molecule has 0 atom stereocenters. The predicted molar refractivity (Wildman–Crippen MR) is 74.6 cm³/mol. The fourth-order valence-corrected chi connectivity index (χ4v) is 2.92.